The van der Waals surface area contributed by atoms with Crippen LogP contribution in [0.4, 0.5) is 0 Å². The molecule has 8 heteroatoms. The Balaban J connectivity index is 1.81. The van der Waals surface area contributed by atoms with Gasteiger partial charge in [-0.05, 0) is 36.7 Å². The second-order valence-electron chi connectivity index (χ2n) is 9.68. The summed E-state index contributed by atoms with van der Waals surface area (Å²) in [7, 11) is 1.29. The number of nitrogens with zero attached hydrogens (tertiary/aromatic N) is 1. The summed E-state index contributed by atoms with van der Waals surface area (Å²) in [6.45, 7) is 8.22. The van der Waals surface area contributed by atoms with Gasteiger partial charge < -0.3 is 20.3 Å². The SMILES string of the molecule is COC(=O)[C@H](CC(C)C)NC(=O)[C@@H](NC(=O)CCCCN1C(=O)CC1c1ccccc1)C(C)C. The Morgan fingerprint density at radius 3 is 2.29 bits per heavy atom. The molecule has 1 aromatic rings. The summed E-state index contributed by atoms with van der Waals surface area (Å²) in [5.74, 6) is -0.928. The molecular formula is C26H39N3O5. The minimum atomic E-state index is -0.748. The molecule has 0 aliphatic carbocycles. The molecule has 0 radical (unpaired) electrons. The predicted octanol–water partition coefficient (Wildman–Crippen LogP) is 2.98. The molecule has 1 heterocycles. The van der Waals surface area contributed by atoms with Crippen molar-refractivity contribution in [2.24, 2.45) is 11.8 Å². The third-order valence-electron chi connectivity index (χ3n) is 6.08. The van der Waals surface area contributed by atoms with Gasteiger partial charge in [-0.1, -0.05) is 58.0 Å². The number of hydrogen-bond donors (Lipinski definition) is 2. The second kappa shape index (κ2) is 13.1. The molecule has 0 aromatic heterocycles. The highest BCUT2D eigenvalue weighted by molar-refractivity contribution is 5.91. The molecule has 0 saturated carbocycles. The van der Waals surface area contributed by atoms with Crippen molar-refractivity contribution in [3.8, 4) is 0 Å². The molecule has 3 atom stereocenters. The van der Waals surface area contributed by atoms with Crippen molar-refractivity contribution in [3.63, 3.8) is 0 Å². The zero-order valence-corrected chi connectivity index (χ0v) is 21.0. The molecule has 2 N–H and O–H groups in total. The average molecular weight is 474 g/mol. The van der Waals surface area contributed by atoms with E-state index in [1.807, 2.05) is 62.9 Å². The van der Waals surface area contributed by atoms with Gasteiger partial charge in [-0.15, -0.1) is 0 Å². The fraction of sp³-hybridized carbons (Fsp3) is 0.615. The molecular weight excluding hydrogens is 434 g/mol. The molecule has 1 fully saturated rings. The van der Waals surface area contributed by atoms with Crippen LogP contribution in [0.1, 0.15) is 71.4 Å². The van der Waals surface area contributed by atoms with Gasteiger partial charge in [-0.3, -0.25) is 14.4 Å². The number of likely N-dealkylation sites (tertiary alicyclic amines) is 1. The van der Waals surface area contributed by atoms with E-state index >= 15 is 0 Å². The lowest BCUT2D eigenvalue weighted by molar-refractivity contribution is -0.146. The molecule has 2 rings (SSSR count). The van der Waals surface area contributed by atoms with E-state index < -0.39 is 24.0 Å². The Labute approximate surface area is 202 Å². The molecule has 1 aliphatic rings. The van der Waals surface area contributed by atoms with Crippen LogP contribution in [0.25, 0.3) is 0 Å². The lowest BCUT2D eigenvalue weighted by Gasteiger charge is -2.41. The van der Waals surface area contributed by atoms with E-state index in [1.54, 1.807) is 0 Å². The molecule has 3 amide bonds. The lowest BCUT2D eigenvalue weighted by Crippen LogP contribution is -2.54. The summed E-state index contributed by atoms with van der Waals surface area (Å²) in [5.41, 5.74) is 1.13. The van der Waals surface area contributed by atoms with E-state index in [2.05, 4.69) is 10.6 Å². The number of amides is 3. The van der Waals surface area contributed by atoms with Crippen LogP contribution in [0.3, 0.4) is 0 Å². The predicted molar refractivity (Wildman–Crippen MR) is 130 cm³/mol. The molecule has 188 valence electrons. The summed E-state index contributed by atoms with van der Waals surface area (Å²) in [6, 6.07) is 8.58. The lowest BCUT2D eigenvalue weighted by atomic mass is 9.93. The maximum Gasteiger partial charge on any atom is 0.328 e. The molecule has 8 nitrogen and oxygen atoms in total. The first kappa shape index (κ1) is 27.3. The van der Waals surface area contributed by atoms with Crippen LogP contribution in [-0.2, 0) is 23.9 Å². The largest absolute Gasteiger partial charge is 0.467 e. The van der Waals surface area contributed by atoms with Crippen molar-refractivity contribution < 1.29 is 23.9 Å². The highest BCUT2D eigenvalue weighted by atomic mass is 16.5. The van der Waals surface area contributed by atoms with Gasteiger partial charge in [-0.25, -0.2) is 4.79 Å². The van der Waals surface area contributed by atoms with Crippen molar-refractivity contribution in [1.82, 2.24) is 15.5 Å². The van der Waals surface area contributed by atoms with Crippen molar-refractivity contribution in [2.45, 2.75) is 77.9 Å². The van der Waals surface area contributed by atoms with E-state index in [0.717, 1.165) is 5.56 Å². The number of esters is 1. The molecule has 0 spiro atoms. The standard InChI is InChI=1S/C26H39N3O5/c1-17(2)15-20(26(33)34-5)27-25(32)24(18(3)4)28-22(30)13-9-10-14-29-21(16-23(29)31)19-11-7-6-8-12-19/h6-8,11-12,17-18,20-21,24H,9-10,13-16H2,1-5H3,(H,27,32)(H,28,30)/t20-,21?,24-/m0/s1. The number of ether oxygens (including phenoxy) is 1. The van der Waals surface area contributed by atoms with Crippen LogP contribution in [0.15, 0.2) is 30.3 Å². The molecule has 34 heavy (non-hydrogen) atoms. The maximum atomic E-state index is 12.8. The Hall–Kier alpha value is -2.90. The number of carbonyl (C=O) groups excluding carboxylic acids is 4. The minimum absolute atomic E-state index is 0.116. The quantitative estimate of drug-likeness (QED) is 0.260. The number of nitrogens with one attached hydrogen (secondary N) is 2. The third-order valence-corrected chi connectivity index (χ3v) is 6.08. The van der Waals surface area contributed by atoms with Crippen LogP contribution in [0.5, 0.6) is 0 Å². The summed E-state index contributed by atoms with van der Waals surface area (Å²) in [6.07, 6.45) is 2.57. The number of unbranched alkanes of at least 4 members (excludes halogenated alkanes) is 1. The summed E-state index contributed by atoms with van der Waals surface area (Å²) < 4.78 is 4.81. The Morgan fingerprint density at radius 2 is 1.74 bits per heavy atom. The van der Waals surface area contributed by atoms with Crippen molar-refractivity contribution in [1.29, 1.82) is 0 Å². The Kier molecular flexibility index (Phi) is 10.5. The Bertz CT molecular complexity index is 840. The topological polar surface area (TPSA) is 105 Å². The Morgan fingerprint density at radius 1 is 1.06 bits per heavy atom. The van der Waals surface area contributed by atoms with E-state index in [0.29, 0.717) is 32.2 Å². The number of methoxy groups -OCH3 is 1. The summed E-state index contributed by atoms with van der Waals surface area (Å²) in [5, 5.41) is 5.54. The van der Waals surface area contributed by atoms with Gasteiger partial charge >= 0.3 is 5.97 Å². The molecule has 0 bridgehead atoms. The highest BCUT2D eigenvalue weighted by Gasteiger charge is 2.36. The highest BCUT2D eigenvalue weighted by Crippen LogP contribution is 2.34. The van der Waals surface area contributed by atoms with E-state index in [1.165, 1.54) is 7.11 Å². The summed E-state index contributed by atoms with van der Waals surface area (Å²) in [4.78, 5) is 51.3. The van der Waals surface area contributed by atoms with Crippen LogP contribution in [-0.4, -0.2) is 54.3 Å². The number of β-lactam (4-membered cyclic amide) rings is 1. The number of benzene rings is 1. The van der Waals surface area contributed by atoms with Gasteiger partial charge in [0.1, 0.15) is 12.1 Å². The molecule has 1 aromatic carbocycles. The van der Waals surface area contributed by atoms with Crippen molar-refractivity contribution in [2.75, 3.05) is 13.7 Å². The molecule has 1 unspecified atom stereocenters. The summed E-state index contributed by atoms with van der Waals surface area (Å²) >= 11 is 0. The fourth-order valence-electron chi connectivity index (χ4n) is 4.15. The first-order valence-corrected chi connectivity index (χ1v) is 12.2. The second-order valence-corrected chi connectivity index (χ2v) is 9.68. The number of rotatable bonds is 13. The van der Waals surface area contributed by atoms with Gasteiger partial charge in [0.05, 0.1) is 19.6 Å². The van der Waals surface area contributed by atoms with E-state index in [-0.39, 0.29) is 36.1 Å². The maximum absolute atomic E-state index is 12.8. The first-order chi connectivity index (χ1) is 16.1. The van der Waals surface area contributed by atoms with Gasteiger partial charge in [0.25, 0.3) is 0 Å². The monoisotopic (exact) mass is 473 g/mol. The normalized spacial score (nSPS) is 17.2. The van der Waals surface area contributed by atoms with Crippen LogP contribution in [0.2, 0.25) is 0 Å². The van der Waals surface area contributed by atoms with E-state index in [9.17, 15) is 19.2 Å². The minimum Gasteiger partial charge on any atom is -0.467 e. The van der Waals surface area contributed by atoms with Gasteiger partial charge in [-0.2, -0.15) is 0 Å². The molecule has 1 saturated heterocycles. The third kappa shape index (κ3) is 7.85. The fourth-order valence-corrected chi connectivity index (χ4v) is 4.15. The van der Waals surface area contributed by atoms with Crippen LogP contribution < -0.4 is 10.6 Å². The smallest absolute Gasteiger partial charge is 0.328 e. The van der Waals surface area contributed by atoms with Gasteiger partial charge in [0.2, 0.25) is 17.7 Å². The van der Waals surface area contributed by atoms with Crippen molar-refractivity contribution in [3.05, 3.63) is 35.9 Å². The van der Waals surface area contributed by atoms with Gasteiger partial charge in [0, 0.05) is 13.0 Å². The number of hydrogen-bond acceptors (Lipinski definition) is 5. The van der Waals surface area contributed by atoms with Gasteiger partial charge in [0.15, 0.2) is 0 Å². The van der Waals surface area contributed by atoms with Crippen LogP contribution in [0, 0.1) is 11.8 Å². The number of carbonyl (C=O) groups is 4. The first-order valence-electron chi connectivity index (χ1n) is 12.2. The zero-order chi connectivity index (χ0) is 25.3. The van der Waals surface area contributed by atoms with Crippen LogP contribution >= 0.6 is 0 Å². The van der Waals surface area contributed by atoms with E-state index in [4.69, 9.17) is 4.74 Å². The zero-order valence-electron chi connectivity index (χ0n) is 21.0. The van der Waals surface area contributed by atoms with Crippen molar-refractivity contribution >= 4 is 23.7 Å². The molecule has 1 aliphatic heterocycles. The average Bonchev–Trinajstić information content (AvgIpc) is 2.79.